The minimum absolute atomic E-state index is 0.505. The van der Waals surface area contributed by atoms with Gasteiger partial charge < -0.3 is 15.8 Å². The van der Waals surface area contributed by atoms with Crippen molar-refractivity contribution >= 4 is 23.3 Å². The van der Waals surface area contributed by atoms with Crippen LogP contribution in [0.3, 0.4) is 0 Å². The molecule has 1 aromatic rings. The molecule has 1 heterocycles. The van der Waals surface area contributed by atoms with Crippen LogP contribution in [0.1, 0.15) is 32.6 Å². The number of aromatic nitrogens is 1. The summed E-state index contributed by atoms with van der Waals surface area (Å²) in [6, 6.07) is 4.30. The van der Waals surface area contributed by atoms with Crippen molar-refractivity contribution in [1.82, 2.24) is 4.98 Å². The van der Waals surface area contributed by atoms with Gasteiger partial charge >= 0.3 is 0 Å². The topological polar surface area (TPSA) is 60.2 Å². The van der Waals surface area contributed by atoms with Crippen LogP contribution in [0.2, 0.25) is 0 Å². The Labute approximate surface area is 119 Å². The summed E-state index contributed by atoms with van der Waals surface area (Å²) in [5, 5.41) is 4.20. The fourth-order valence-corrected chi connectivity index (χ4v) is 3.34. The summed E-state index contributed by atoms with van der Waals surface area (Å²) in [5.41, 5.74) is 6.48. The Hall–Kier alpha value is -1.10. The summed E-state index contributed by atoms with van der Waals surface area (Å²) in [7, 11) is 0. The van der Waals surface area contributed by atoms with Crippen LogP contribution >= 0.6 is 11.8 Å². The lowest BCUT2D eigenvalue weighted by atomic mass is 10.2. The van der Waals surface area contributed by atoms with Crippen LogP contribution in [0.25, 0.3) is 0 Å². The summed E-state index contributed by atoms with van der Waals surface area (Å²) < 4.78 is 5.56. The Morgan fingerprint density at radius 3 is 3.05 bits per heavy atom. The molecule has 1 fully saturated rings. The Morgan fingerprint density at radius 2 is 2.32 bits per heavy atom. The number of pyridine rings is 1. The quantitative estimate of drug-likeness (QED) is 0.839. The highest BCUT2D eigenvalue weighted by Gasteiger charge is 2.26. The molecule has 106 valence electrons. The lowest BCUT2D eigenvalue weighted by molar-refractivity contribution is 0.307. The Morgan fingerprint density at radius 1 is 1.47 bits per heavy atom. The SMILES string of the molecule is CCCOc1nc(NC2CCCC2SC)ccc1N. The van der Waals surface area contributed by atoms with E-state index < -0.39 is 0 Å². The van der Waals surface area contributed by atoms with Crippen LogP contribution in [-0.2, 0) is 0 Å². The van der Waals surface area contributed by atoms with Gasteiger partial charge in [0.15, 0.2) is 0 Å². The number of nitrogens with one attached hydrogen (secondary N) is 1. The summed E-state index contributed by atoms with van der Waals surface area (Å²) in [5.74, 6) is 1.41. The normalized spacial score (nSPS) is 22.4. The molecule has 0 radical (unpaired) electrons. The van der Waals surface area contributed by atoms with Gasteiger partial charge in [-0.2, -0.15) is 16.7 Å². The molecule has 0 bridgehead atoms. The van der Waals surface area contributed by atoms with E-state index in [0.29, 0.717) is 29.5 Å². The van der Waals surface area contributed by atoms with E-state index in [1.807, 2.05) is 23.9 Å². The molecule has 5 heteroatoms. The molecular formula is C14H23N3OS. The average Bonchev–Trinajstić information content (AvgIpc) is 2.86. The van der Waals surface area contributed by atoms with E-state index in [-0.39, 0.29) is 0 Å². The maximum atomic E-state index is 5.87. The van der Waals surface area contributed by atoms with Crippen molar-refractivity contribution in [2.24, 2.45) is 0 Å². The van der Waals surface area contributed by atoms with Gasteiger partial charge in [0.1, 0.15) is 5.82 Å². The maximum absolute atomic E-state index is 5.87. The van der Waals surface area contributed by atoms with E-state index in [0.717, 1.165) is 12.2 Å². The van der Waals surface area contributed by atoms with E-state index in [2.05, 4.69) is 23.5 Å². The monoisotopic (exact) mass is 281 g/mol. The van der Waals surface area contributed by atoms with E-state index in [1.165, 1.54) is 19.3 Å². The molecule has 0 saturated heterocycles. The predicted molar refractivity (Wildman–Crippen MR) is 83.0 cm³/mol. The highest BCUT2D eigenvalue weighted by atomic mass is 32.2. The molecule has 1 aliphatic rings. The van der Waals surface area contributed by atoms with E-state index in [4.69, 9.17) is 10.5 Å². The largest absolute Gasteiger partial charge is 0.476 e. The van der Waals surface area contributed by atoms with E-state index >= 15 is 0 Å². The number of anilines is 2. The average molecular weight is 281 g/mol. The van der Waals surface area contributed by atoms with Crippen LogP contribution in [0, 0.1) is 0 Å². The molecule has 1 aliphatic carbocycles. The molecule has 4 nitrogen and oxygen atoms in total. The van der Waals surface area contributed by atoms with Crippen molar-refractivity contribution in [1.29, 1.82) is 0 Å². The minimum Gasteiger partial charge on any atom is -0.476 e. The number of rotatable bonds is 6. The molecule has 0 spiro atoms. The summed E-state index contributed by atoms with van der Waals surface area (Å²) >= 11 is 1.93. The van der Waals surface area contributed by atoms with Gasteiger partial charge in [0, 0.05) is 11.3 Å². The van der Waals surface area contributed by atoms with Crippen molar-refractivity contribution in [3.05, 3.63) is 12.1 Å². The first-order valence-corrected chi connectivity index (χ1v) is 8.22. The third-order valence-corrected chi connectivity index (χ3v) is 4.59. The molecular weight excluding hydrogens is 258 g/mol. The fraction of sp³-hybridized carbons (Fsp3) is 0.643. The van der Waals surface area contributed by atoms with Crippen LogP contribution in [0.4, 0.5) is 11.5 Å². The first-order valence-electron chi connectivity index (χ1n) is 6.93. The van der Waals surface area contributed by atoms with Gasteiger partial charge in [-0.25, -0.2) is 0 Å². The van der Waals surface area contributed by atoms with Gasteiger partial charge in [0.2, 0.25) is 5.88 Å². The number of hydrogen-bond donors (Lipinski definition) is 2. The lowest BCUT2D eigenvalue weighted by Crippen LogP contribution is -2.26. The third kappa shape index (κ3) is 3.69. The van der Waals surface area contributed by atoms with Gasteiger partial charge in [0.05, 0.1) is 12.3 Å². The molecule has 0 amide bonds. The van der Waals surface area contributed by atoms with Gasteiger partial charge in [0.25, 0.3) is 0 Å². The summed E-state index contributed by atoms with van der Waals surface area (Å²) in [6.45, 7) is 2.72. The van der Waals surface area contributed by atoms with Crippen molar-refractivity contribution in [2.45, 2.75) is 43.9 Å². The number of thioether (sulfide) groups is 1. The summed E-state index contributed by atoms with van der Waals surface area (Å²) in [6.07, 6.45) is 6.92. The number of ether oxygens (including phenoxy) is 1. The standard InChI is InChI=1S/C14H23N3OS/c1-3-9-18-14-10(15)7-8-13(17-14)16-11-5-4-6-12(11)19-2/h7-8,11-12H,3-6,9,15H2,1-2H3,(H,16,17). The molecule has 0 aromatic carbocycles. The third-order valence-electron chi connectivity index (χ3n) is 3.42. The van der Waals surface area contributed by atoms with Gasteiger partial charge in [-0.1, -0.05) is 13.3 Å². The molecule has 1 aromatic heterocycles. The zero-order chi connectivity index (χ0) is 13.7. The van der Waals surface area contributed by atoms with Gasteiger partial charge in [-0.15, -0.1) is 0 Å². The van der Waals surface area contributed by atoms with Crippen LogP contribution in [0.15, 0.2) is 12.1 Å². The zero-order valence-electron chi connectivity index (χ0n) is 11.7. The first-order chi connectivity index (χ1) is 9.24. The number of nitrogen functional groups attached to an aromatic ring is 1. The smallest absolute Gasteiger partial charge is 0.239 e. The van der Waals surface area contributed by atoms with E-state index in [9.17, 15) is 0 Å². The highest BCUT2D eigenvalue weighted by molar-refractivity contribution is 7.99. The summed E-state index contributed by atoms with van der Waals surface area (Å²) in [4.78, 5) is 4.47. The minimum atomic E-state index is 0.505. The van der Waals surface area contributed by atoms with Crippen LogP contribution in [-0.4, -0.2) is 29.1 Å². The number of nitrogens with two attached hydrogens (primary N) is 1. The lowest BCUT2D eigenvalue weighted by Gasteiger charge is -2.20. The Bertz CT molecular complexity index is 414. The van der Waals surface area contributed by atoms with Gasteiger partial charge in [-0.05, 0) is 37.7 Å². The second-order valence-electron chi connectivity index (χ2n) is 4.90. The second kappa shape index (κ2) is 6.89. The van der Waals surface area contributed by atoms with Crippen molar-refractivity contribution in [3.8, 4) is 5.88 Å². The van der Waals surface area contributed by atoms with Crippen LogP contribution < -0.4 is 15.8 Å². The van der Waals surface area contributed by atoms with Gasteiger partial charge in [-0.3, -0.25) is 0 Å². The molecule has 0 aliphatic heterocycles. The highest BCUT2D eigenvalue weighted by Crippen LogP contribution is 2.31. The number of hydrogen-bond acceptors (Lipinski definition) is 5. The molecule has 19 heavy (non-hydrogen) atoms. The van der Waals surface area contributed by atoms with Crippen molar-refractivity contribution in [3.63, 3.8) is 0 Å². The molecule has 3 N–H and O–H groups in total. The molecule has 2 unspecified atom stereocenters. The Balaban J connectivity index is 2.03. The fourth-order valence-electron chi connectivity index (χ4n) is 2.41. The maximum Gasteiger partial charge on any atom is 0.239 e. The number of nitrogens with zero attached hydrogens (tertiary/aromatic N) is 1. The zero-order valence-corrected chi connectivity index (χ0v) is 12.5. The Kier molecular flexibility index (Phi) is 5.19. The molecule has 1 saturated carbocycles. The molecule has 2 rings (SSSR count). The van der Waals surface area contributed by atoms with Crippen LogP contribution in [0.5, 0.6) is 5.88 Å². The van der Waals surface area contributed by atoms with Crippen molar-refractivity contribution < 1.29 is 4.74 Å². The second-order valence-corrected chi connectivity index (χ2v) is 5.97. The van der Waals surface area contributed by atoms with E-state index in [1.54, 1.807) is 0 Å². The molecule has 2 atom stereocenters. The van der Waals surface area contributed by atoms with Crippen molar-refractivity contribution in [2.75, 3.05) is 23.9 Å². The predicted octanol–water partition coefficient (Wildman–Crippen LogP) is 3.15. The first kappa shape index (κ1) is 14.3.